The molecule has 9 aromatic rings. The highest BCUT2D eigenvalue weighted by Crippen LogP contribution is 2.45. The number of anilines is 3. The molecule has 0 unspecified atom stereocenters. The summed E-state index contributed by atoms with van der Waals surface area (Å²) in [5.41, 5.74) is 8.22. The molecule has 2 heteroatoms. The quantitative estimate of drug-likeness (QED) is 0.189. The SMILES string of the molecule is c1ccc(-c2ccc(N(c3ccc4ccc5sc6ccccc6c5c4c3)c3ccccc3-c3ccc4ccccc4c3)cc2)cc1. The molecule has 1 aromatic heterocycles. The van der Waals surface area contributed by atoms with Gasteiger partial charge in [0, 0.05) is 37.1 Å². The lowest BCUT2D eigenvalue weighted by atomic mass is 9.98. The van der Waals surface area contributed by atoms with E-state index in [4.69, 9.17) is 0 Å². The van der Waals surface area contributed by atoms with Crippen LogP contribution in [0.1, 0.15) is 0 Å². The highest BCUT2D eigenvalue weighted by atomic mass is 32.1. The molecule has 0 saturated heterocycles. The Bertz CT molecular complexity index is 2530. The zero-order chi connectivity index (χ0) is 30.5. The van der Waals surface area contributed by atoms with Crippen molar-refractivity contribution in [3.63, 3.8) is 0 Å². The summed E-state index contributed by atoms with van der Waals surface area (Å²) >= 11 is 1.87. The number of para-hydroxylation sites is 1. The Kier molecular flexibility index (Phi) is 6.40. The van der Waals surface area contributed by atoms with Crippen molar-refractivity contribution < 1.29 is 0 Å². The first-order valence-electron chi connectivity index (χ1n) is 15.7. The molecule has 0 spiro atoms. The number of benzene rings is 8. The molecule has 1 heterocycles. The van der Waals surface area contributed by atoms with Crippen LogP contribution >= 0.6 is 11.3 Å². The minimum absolute atomic E-state index is 1.12. The Hall–Kier alpha value is -5.70. The average molecular weight is 604 g/mol. The molecular weight excluding hydrogens is 575 g/mol. The Morgan fingerprint density at radius 2 is 1.02 bits per heavy atom. The molecule has 0 amide bonds. The number of thiophene rings is 1. The third-order valence-electron chi connectivity index (χ3n) is 9.04. The first kappa shape index (κ1) is 26.7. The van der Waals surface area contributed by atoms with Gasteiger partial charge in [0.1, 0.15) is 0 Å². The van der Waals surface area contributed by atoms with Gasteiger partial charge in [-0.05, 0) is 86.8 Å². The first-order valence-corrected chi connectivity index (χ1v) is 16.5. The van der Waals surface area contributed by atoms with Crippen molar-refractivity contribution in [1.82, 2.24) is 0 Å². The smallest absolute Gasteiger partial charge is 0.0540 e. The highest BCUT2D eigenvalue weighted by Gasteiger charge is 2.19. The van der Waals surface area contributed by atoms with E-state index in [9.17, 15) is 0 Å². The third kappa shape index (κ3) is 4.54. The van der Waals surface area contributed by atoms with E-state index in [0.717, 1.165) is 17.1 Å². The molecule has 0 aliphatic heterocycles. The van der Waals surface area contributed by atoms with Crippen molar-refractivity contribution in [1.29, 1.82) is 0 Å². The van der Waals surface area contributed by atoms with Gasteiger partial charge in [-0.15, -0.1) is 11.3 Å². The Labute approximate surface area is 272 Å². The zero-order valence-corrected chi connectivity index (χ0v) is 25.9. The summed E-state index contributed by atoms with van der Waals surface area (Å²) in [6.07, 6.45) is 0. The van der Waals surface area contributed by atoms with Crippen molar-refractivity contribution in [2.45, 2.75) is 0 Å². The normalized spacial score (nSPS) is 11.5. The van der Waals surface area contributed by atoms with Gasteiger partial charge in [-0.25, -0.2) is 0 Å². The van der Waals surface area contributed by atoms with Crippen LogP contribution in [0.5, 0.6) is 0 Å². The molecule has 0 aliphatic rings. The summed E-state index contributed by atoms with van der Waals surface area (Å²) in [4.78, 5) is 2.42. The summed E-state index contributed by atoms with van der Waals surface area (Å²) in [5, 5.41) is 7.68. The Balaban J connectivity index is 1.28. The first-order chi connectivity index (χ1) is 22.8. The summed E-state index contributed by atoms with van der Waals surface area (Å²) in [6, 6.07) is 64.0. The molecule has 9 rings (SSSR count). The average Bonchev–Trinajstić information content (AvgIpc) is 3.52. The van der Waals surface area contributed by atoms with Gasteiger partial charge in [-0.2, -0.15) is 0 Å². The van der Waals surface area contributed by atoms with Gasteiger partial charge in [-0.3, -0.25) is 0 Å². The van der Waals surface area contributed by atoms with Crippen LogP contribution in [0.15, 0.2) is 176 Å². The van der Waals surface area contributed by atoms with E-state index in [1.165, 1.54) is 64.0 Å². The van der Waals surface area contributed by atoms with Gasteiger partial charge in [0.2, 0.25) is 0 Å². The van der Waals surface area contributed by atoms with Crippen molar-refractivity contribution in [2.75, 3.05) is 4.90 Å². The van der Waals surface area contributed by atoms with Crippen LogP contribution in [-0.2, 0) is 0 Å². The fraction of sp³-hybridized carbons (Fsp3) is 0. The van der Waals surface area contributed by atoms with E-state index >= 15 is 0 Å². The van der Waals surface area contributed by atoms with Crippen LogP contribution in [0, 0.1) is 0 Å². The molecule has 0 radical (unpaired) electrons. The Morgan fingerprint density at radius 1 is 0.370 bits per heavy atom. The van der Waals surface area contributed by atoms with Crippen LogP contribution in [0.2, 0.25) is 0 Å². The highest BCUT2D eigenvalue weighted by molar-refractivity contribution is 7.26. The second-order valence-electron chi connectivity index (χ2n) is 11.8. The van der Waals surface area contributed by atoms with E-state index in [2.05, 4.69) is 181 Å². The lowest BCUT2D eigenvalue weighted by molar-refractivity contribution is 1.29. The molecule has 216 valence electrons. The van der Waals surface area contributed by atoms with Crippen molar-refractivity contribution in [3.8, 4) is 22.3 Å². The second kappa shape index (κ2) is 11.0. The van der Waals surface area contributed by atoms with Crippen LogP contribution in [0.3, 0.4) is 0 Å². The van der Waals surface area contributed by atoms with Crippen molar-refractivity contribution in [3.05, 3.63) is 176 Å². The van der Waals surface area contributed by atoms with Gasteiger partial charge in [0.15, 0.2) is 0 Å². The fourth-order valence-electron chi connectivity index (χ4n) is 6.80. The fourth-order valence-corrected chi connectivity index (χ4v) is 7.92. The Morgan fingerprint density at radius 3 is 1.91 bits per heavy atom. The largest absolute Gasteiger partial charge is 0.310 e. The molecule has 0 bridgehead atoms. The van der Waals surface area contributed by atoms with Crippen LogP contribution in [0.25, 0.3) is 64.0 Å². The molecule has 46 heavy (non-hydrogen) atoms. The summed E-state index contributed by atoms with van der Waals surface area (Å²) in [5.74, 6) is 0. The third-order valence-corrected chi connectivity index (χ3v) is 10.2. The summed E-state index contributed by atoms with van der Waals surface area (Å²) in [6.45, 7) is 0. The lowest BCUT2D eigenvalue weighted by Gasteiger charge is -2.28. The number of nitrogens with zero attached hydrogens (tertiary/aromatic N) is 1. The maximum Gasteiger partial charge on any atom is 0.0540 e. The number of hydrogen-bond donors (Lipinski definition) is 0. The van der Waals surface area contributed by atoms with E-state index in [-0.39, 0.29) is 0 Å². The maximum absolute atomic E-state index is 2.42. The molecule has 0 fully saturated rings. The van der Waals surface area contributed by atoms with Crippen LogP contribution in [0.4, 0.5) is 17.1 Å². The molecular formula is C44H29NS. The standard InChI is InChI=1S/C44H29NS/c1-2-10-30(11-3-1)32-20-24-36(25-21-32)45(41-16-8-6-14-38(41)35-19-18-31-12-4-5-13-34(31)28-35)37-26-22-33-23-27-43-44(40(33)29-37)39-15-7-9-17-42(39)46-43/h1-29H. The molecule has 8 aromatic carbocycles. The summed E-state index contributed by atoms with van der Waals surface area (Å²) in [7, 11) is 0. The van der Waals surface area contributed by atoms with Gasteiger partial charge < -0.3 is 4.90 Å². The summed E-state index contributed by atoms with van der Waals surface area (Å²) < 4.78 is 2.64. The molecule has 0 atom stereocenters. The molecule has 0 N–H and O–H groups in total. The van der Waals surface area contributed by atoms with Crippen LogP contribution in [-0.4, -0.2) is 0 Å². The van der Waals surface area contributed by atoms with Crippen molar-refractivity contribution in [2.24, 2.45) is 0 Å². The van der Waals surface area contributed by atoms with E-state index in [0.29, 0.717) is 0 Å². The zero-order valence-electron chi connectivity index (χ0n) is 25.1. The monoisotopic (exact) mass is 603 g/mol. The number of rotatable bonds is 5. The minimum Gasteiger partial charge on any atom is -0.310 e. The van der Waals surface area contributed by atoms with Crippen molar-refractivity contribution >= 4 is 70.1 Å². The topological polar surface area (TPSA) is 3.24 Å². The van der Waals surface area contributed by atoms with Gasteiger partial charge in [0.05, 0.1) is 5.69 Å². The van der Waals surface area contributed by atoms with E-state index in [1.807, 2.05) is 11.3 Å². The van der Waals surface area contributed by atoms with E-state index < -0.39 is 0 Å². The predicted molar refractivity (Wildman–Crippen MR) is 200 cm³/mol. The minimum atomic E-state index is 1.12. The maximum atomic E-state index is 2.42. The number of fused-ring (bicyclic) bond motifs is 6. The molecule has 1 nitrogen and oxygen atoms in total. The van der Waals surface area contributed by atoms with Gasteiger partial charge in [-0.1, -0.05) is 127 Å². The molecule has 0 saturated carbocycles. The van der Waals surface area contributed by atoms with Gasteiger partial charge >= 0.3 is 0 Å². The van der Waals surface area contributed by atoms with Crippen LogP contribution < -0.4 is 4.90 Å². The van der Waals surface area contributed by atoms with E-state index in [1.54, 1.807) is 0 Å². The van der Waals surface area contributed by atoms with Gasteiger partial charge in [0.25, 0.3) is 0 Å². The predicted octanol–water partition coefficient (Wildman–Crippen LogP) is 13.2. The number of hydrogen-bond acceptors (Lipinski definition) is 2. The molecule has 0 aliphatic carbocycles. The lowest BCUT2D eigenvalue weighted by Crippen LogP contribution is -2.11. The second-order valence-corrected chi connectivity index (χ2v) is 12.9.